The predicted octanol–water partition coefficient (Wildman–Crippen LogP) is 5.01. The number of unbranched alkanes of at least 4 members (excludes halogenated alkanes) is 2. The summed E-state index contributed by atoms with van der Waals surface area (Å²) < 4.78 is 0. The minimum Gasteiger partial charge on any atom is -0.370 e. The van der Waals surface area contributed by atoms with Gasteiger partial charge in [-0.1, -0.05) is 40.5 Å². The summed E-state index contributed by atoms with van der Waals surface area (Å²) in [6, 6.07) is 0. The van der Waals surface area contributed by atoms with Crippen molar-refractivity contribution in [1.29, 1.82) is 0 Å². The number of hydrogen-bond acceptors (Lipinski definition) is 4. The smallest absolute Gasteiger partial charge is 0.134 e. The van der Waals surface area contributed by atoms with E-state index in [9.17, 15) is 0 Å². The lowest BCUT2D eigenvalue weighted by Crippen LogP contribution is -2.09. The third kappa shape index (κ3) is 5.31. The first-order valence-corrected chi connectivity index (χ1v) is 8.83. The Morgan fingerprint density at radius 3 is 2.45 bits per heavy atom. The molecule has 0 aliphatic rings. The van der Waals surface area contributed by atoms with Gasteiger partial charge in [-0.25, -0.2) is 9.97 Å². The highest BCUT2D eigenvalue weighted by Gasteiger charge is 2.13. The topological polar surface area (TPSA) is 37.8 Å². The van der Waals surface area contributed by atoms with Crippen LogP contribution >= 0.6 is 11.8 Å². The quantitative estimate of drug-likeness (QED) is 0.395. The third-order valence-corrected chi connectivity index (χ3v) is 4.33. The van der Waals surface area contributed by atoms with Crippen LogP contribution in [0.3, 0.4) is 0 Å². The molecule has 3 nitrogen and oxygen atoms in total. The van der Waals surface area contributed by atoms with Gasteiger partial charge >= 0.3 is 0 Å². The lowest BCUT2D eigenvalue weighted by atomic mass is 10.2. The molecule has 0 aliphatic heterocycles. The van der Waals surface area contributed by atoms with E-state index in [0.717, 1.165) is 35.4 Å². The van der Waals surface area contributed by atoms with Crippen molar-refractivity contribution in [3.8, 4) is 0 Å². The van der Waals surface area contributed by atoms with Gasteiger partial charge in [-0.2, -0.15) is 0 Å². The van der Waals surface area contributed by atoms with E-state index in [0.29, 0.717) is 5.92 Å². The van der Waals surface area contributed by atoms with E-state index in [1.165, 1.54) is 24.8 Å². The van der Waals surface area contributed by atoms with Crippen LogP contribution in [0.5, 0.6) is 0 Å². The van der Waals surface area contributed by atoms with Crippen LogP contribution in [-0.2, 0) is 0 Å². The molecule has 0 saturated heterocycles. The summed E-state index contributed by atoms with van der Waals surface area (Å²) in [5.74, 6) is 3.49. The number of nitrogens with zero attached hydrogens (tertiary/aromatic N) is 2. The second kappa shape index (κ2) is 9.22. The SMILES string of the molecule is CCCCCSc1nc(C(C)C)nc(NCCC)c1C. The molecule has 0 bridgehead atoms. The van der Waals surface area contributed by atoms with Crippen LogP contribution in [0, 0.1) is 6.92 Å². The van der Waals surface area contributed by atoms with E-state index in [4.69, 9.17) is 4.98 Å². The monoisotopic (exact) mass is 295 g/mol. The molecule has 0 spiro atoms. The van der Waals surface area contributed by atoms with E-state index in [1.807, 2.05) is 11.8 Å². The van der Waals surface area contributed by atoms with Gasteiger partial charge in [0.1, 0.15) is 16.7 Å². The van der Waals surface area contributed by atoms with Gasteiger partial charge in [-0.05, 0) is 25.5 Å². The fourth-order valence-corrected chi connectivity index (χ4v) is 2.86. The van der Waals surface area contributed by atoms with Crippen LogP contribution in [-0.4, -0.2) is 22.3 Å². The number of anilines is 1. The molecule has 1 N–H and O–H groups in total. The Morgan fingerprint density at radius 1 is 1.10 bits per heavy atom. The summed E-state index contributed by atoms with van der Waals surface area (Å²) in [5.41, 5.74) is 1.20. The fourth-order valence-electron chi connectivity index (χ4n) is 1.85. The summed E-state index contributed by atoms with van der Waals surface area (Å²) in [6.07, 6.45) is 4.94. The molecule has 0 unspecified atom stereocenters. The van der Waals surface area contributed by atoms with Crippen molar-refractivity contribution in [1.82, 2.24) is 9.97 Å². The highest BCUT2D eigenvalue weighted by Crippen LogP contribution is 2.27. The van der Waals surface area contributed by atoms with Crippen LogP contribution in [0.4, 0.5) is 5.82 Å². The van der Waals surface area contributed by atoms with Crippen molar-refractivity contribution in [3.05, 3.63) is 11.4 Å². The molecule has 0 radical (unpaired) electrons. The average Bonchev–Trinajstić information content (AvgIpc) is 2.43. The zero-order chi connectivity index (χ0) is 15.0. The van der Waals surface area contributed by atoms with E-state index >= 15 is 0 Å². The van der Waals surface area contributed by atoms with Gasteiger partial charge in [-0.3, -0.25) is 0 Å². The lowest BCUT2D eigenvalue weighted by Gasteiger charge is -2.14. The van der Waals surface area contributed by atoms with Gasteiger partial charge < -0.3 is 5.32 Å². The van der Waals surface area contributed by atoms with Gasteiger partial charge in [0.05, 0.1) is 0 Å². The van der Waals surface area contributed by atoms with Crippen LogP contribution in [0.1, 0.15) is 70.7 Å². The molecule has 1 aromatic rings. The van der Waals surface area contributed by atoms with Crippen molar-refractivity contribution < 1.29 is 0 Å². The minimum atomic E-state index is 0.368. The summed E-state index contributed by atoms with van der Waals surface area (Å²) >= 11 is 1.88. The Morgan fingerprint density at radius 2 is 1.85 bits per heavy atom. The second-order valence-corrected chi connectivity index (χ2v) is 6.58. The Bertz CT molecular complexity index is 405. The van der Waals surface area contributed by atoms with Gasteiger partial charge in [0.25, 0.3) is 0 Å². The van der Waals surface area contributed by atoms with Crippen LogP contribution in [0.15, 0.2) is 5.03 Å². The summed E-state index contributed by atoms with van der Waals surface area (Å²) in [5, 5.41) is 4.59. The summed E-state index contributed by atoms with van der Waals surface area (Å²) in [7, 11) is 0. The van der Waals surface area contributed by atoms with Crippen LogP contribution < -0.4 is 5.32 Å². The van der Waals surface area contributed by atoms with Crippen LogP contribution in [0.25, 0.3) is 0 Å². The molecule has 0 atom stereocenters. The van der Waals surface area contributed by atoms with E-state index in [1.54, 1.807) is 0 Å². The van der Waals surface area contributed by atoms with Gasteiger partial charge in [0, 0.05) is 18.0 Å². The van der Waals surface area contributed by atoms with E-state index in [-0.39, 0.29) is 0 Å². The van der Waals surface area contributed by atoms with Gasteiger partial charge in [0.2, 0.25) is 0 Å². The number of rotatable bonds is 9. The predicted molar refractivity (Wildman–Crippen MR) is 89.9 cm³/mol. The summed E-state index contributed by atoms with van der Waals surface area (Å²) in [4.78, 5) is 9.43. The number of aromatic nitrogens is 2. The highest BCUT2D eigenvalue weighted by atomic mass is 32.2. The first-order valence-electron chi connectivity index (χ1n) is 7.85. The zero-order valence-electron chi connectivity index (χ0n) is 13.6. The molecule has 4 heteroatoms. The molecule has 0 amide bonds. The Labute approximate surface area is 128 Å². The molecular formula is C16H29N3S. The van der Waals surface area contributed by atoms with Crippen molar-refractivity contribution in [2.24, 2.45) is 0 Å². The number of thioether (sulfide) groups is 1. The molecule has 0 saturated carbocycles. The molecule has 0 fully saturated rings. The third-order valence-electron chi connectivity index (χ3n) is 3.16. The molecular weight excluding hydrogens is 266 g/mol. The molecule has 1 heterocycles. The molecule has 1 aromatic heterocycles. The van der Waals surface area contributed by atoms with Crippen molar-refractivity contribution in [2.45, 2.75) is 71.2 Å². The fraction of sp³-hybridized carbons (Fsp3) is 0.750. The molecule has 0 aliphatic carbocycles. The van der Waals surface area contributed by atoms with Gasteiger partial charge in [0.15, 0.2) is 0 Å². The Balaban J connectivity index is 2.86. The normalized spacial score (nSPS) is 11.1. The maximum atomic E-state index is 4.75. The second-order valence-electron chi connectivity index (χ2n) is 5.50. The molecule has 0 aromatic carbocycles. The molecule has 114 valence electrons. The van der Waals surface area contributed by atoms with E-state index < -0.39 is 0 Å². The number of hydrogen-bond donors (Lipinski definition) is 1. The van der Waals surface area contributed by atoms with Crippen LogP contribution in [0.2, 0.25) is 0 Å². The Kier molecular flexibility index (Phi) is 7.97. The first-order chi connectivity index (χ1) is 9.60. The standard InChI is InChI=1S/C16H29N3S/c1-6-8-9-11-20-16-13(5)15(17-10-7-2)18-14(19-16)12(3)4/h12H,6-11H2,1-5H3,(H,17,18,19). The minimum absolute atomic E-state index is 0.368. The maximum absolute atomic E-state index is 4.75. The van der Waals surface area contributed by atoms with Gasteiger partial charge in [-0.15, -0.1) is 11.8 Å². The average molecular weight is 295 g/mol. The van der Waals surface area contributed by atoms with Crippen molar-refractivity contribution >= 4 is 17.6 Å². The molecule has 1 rings (SSSR count). The maximum Gasteiger partial charge on any atom is 0.134 e. The van der Waals surface area contributed by atoms with E-state index in [2.05, 4.69) is 44.9 Å². The largest absolute Gasteiger partial charge is 0.370 e. The summed E-state index contributed by atoms with van der Waals surface area (Å²) in [6.45, 7) is 11.8. The number of nitrogens with one attached hydrogen (secondary N) is 1. The highest BCUT2D eigenvalue weighted by molar-refractivity contribution is 7.99. The zero-order valence-corrected chi connectivity index (χ0v) is 14.4. The first kappa shape index (κ1) is 17.3. The van der Waals surface area contributed by atoms with Crippen molar-refractivity contribution in [3.63, 3.8) is 0 Å². The lowest BCUT2D eigenvalue weighted by molar-refractivity contribution is 0.745. The Hall–Kier alpha value is -0.770. The van der Waals surface area contributed by atoms with Crippen molar-refractivity contribution in [2.75, 3.05) is 17.6 Å². The molecule has 20 heavy (non-hydrogen) atoms.